The quantitative estimate of drug-likeness (QED) is 0.892. The van der Waals surface area contributed by atoms with Crippen molar-refractivity contribution in [2.45, 2.75) is 24.6 Å². The molecule has 1 aliphatic rings. The molecule has 16 heavy (non-hydrogen) atoms. The van der Waals surface area contributed by atoms with E-state index in [4.69, 9.17) is 23.2 Å². The molecular weight excluding hydrogens is 261 g/mol. The lowest BCUT2D eigenvalue weighted by Gasteiger charge is -2.10. The third-order valence-electron chi connectivity index (χ3n) is 2.71. The number of thioether (sulfide) groups is 1. The van der Waals surface area contributed by atoms with E-state index in [9.17, 15) is 0 Å². The van der Waals surface area contributed by atoms with Crippen LogP contribution < -0.4 is 5.32 Å². The fourth-order valence-corrected chi connectivity index (χ4v) is 3.39. The van der Waals surface area contributed by atoms with Crippen LogP contribution >= 0.6 is 35.0 Å². The first-order valence-corrected chi connectivity index (χ1v) is 7.32. The molecule has 1 atom stereocenters. The van der Waals surface area contributed by atoms with Gasteiger partial charge in [0.1, 0.15) is 0 Å². The second kappa shape index (κ2) is 6.15. The highest BCUT2D eigenvalue weighted by molar-refractivity contribution is 8.00. The first kappa shape index (κ1) is 12.6. The summed E-state index contributed by atoms with van der Waals surface area (Å²) in [5.41, 5.74) is 1.19. The predicted molar refractivity (Wildman–Crippen MR) is 73.6 cm³/mol. The molecule has 0 spiro atoms. The van der Waals surface area contributed by atoms with Gasteiger partial charge in [0.05, 0.1) is 10.0 Å². The topological polar surface area (TPSA) is 12.0 Å². The van der Waals surface area contributed by atoms with Crippen molar-refractivity contribution in [3.8, 4) is 0 Å². The Morgan fingerprint density at radius 2 is 2.19 bits per heavy atom. The Morgan fingerprint density at radius 1 is 1.31 bits per heavy atom. The summed E-state index contributed by atoms with van der Waals surface area (Å²) in [6.45, 7) is 1.96. The number of hydrogen-bond acceptors (Lipinski definition) is 2. The summed E-state index contributed by atoms with van der Waals surface area (Å²) in [6, 6.07) is 5.80. The van der Waals surface area contributed by atoms with Crippen molar-refractivity contribution in [2.75, 3.05) is 12.3 Å². The van der Waals surface area contributed by atoms with Crippen LogP contribution in [0.15, 0.2) is 18.2 Å². The van der Waals surface area contributed by atoms with Crippen LogP contribution in [0.2, 0.25) is 10.0 Å². The number of hydrogen-bond donors (Lipinski definition) is 1. The van der Waals surface area contributed by atoms with Gasteiger partial charge in [-0.15, -0.1) is 0 Å². The van der Waals surface area contributed by atoms with Crippen LogP contribution in [0.5, 0.6) is 0 Å². The Kier molecular flexibility index (Phi) is 4.83. The van der Waals surface area contributed by atoms with E-state index < -0.39 is 0 Å². The normalized spacial score (nSPS) is 20.2. The highest BCUT2D eigenvalue weighted by Crippen LogP contribution is 2.25. The molecule has 1 nitrogen and oxygen atoms in total. The standard InChI is InChI=1S/C12H15Cl2NS/c13-11-4-3-9(6-12(11)14)7-15-8-10-2-1-5-16-10/h3-4,6,10,15H,1-2,5,7-8H2. The molecule has 88 valence electrons. The zero-order valence-corrected chi connectivity index (χ0v) is 11.3. The minimum absolute atomic E-state index is 0.622. The first-order chi connectivity index (χ1) is 7.75. The highest BCUT2D eigenvalue weighted by atomic mass is 35.5. The van der Waals surface area contributed by atoms with Gasteiger partial charge in [0.25, 0.3) is 0 Å². The van der Waals surface area contributed by atoms with E-state index in [2.05, 4.69) is 17.1 Å². The zero-order valence-electron chi connectivity index (χ0n) is 9.01. The average molecular weight is 276 g/mol. The van der Waals surface area contributed by atoms with Crippen LogP contribution in [-0.2, 0) is 6.54 Å². The van der Waals surface area contributed by atoms with Crippen LogP contribution in [0.4, 0.5) is 0 Å². The number of benzene rings is 1. The first-order valence-electron chi connectivity index (χ1n) is 5.52. The van der Waals surface area contributed by atoms with Gasteiger partial charge < -0.3 is 5.32 Å². The average Bonchev–Trinajstić information content (AvgIpc) is 2.76. The smallest absolute Gasteiger partial charge is 0.0595 e. The molecule has 0 bridgehead atoms. The van der Waals surface area contributed by atoms with Crippen molar-refractivity contribution in [1.29, 1.82) is 0 Å². The molecule has 1 N–H and O–H groups in total. The molecular formula is C12H15Cl2NS. The third-order valence-corrected chi connectivity index (χ3v) is 4.85. The molecule has 1 heterocycles. The van der Waals surface area contributed by atoms with Crippen LogP contribution in [0.25, 0.3) is 0 Å². The Balaban J connectivity index is 1.78. The van der Waals surface area contributed by atoms with Crippen molar-refractivity contribution in [1.82, 2.24) is 5.32 Å². The van der Waals surface area contributed by atoms with E-state index in [0.717, 1.165) is 18.3 Å². The molecule has 1 unspecified atom stereocenters. The largest absolute Gasteiger partial charge is 0.312 e. The van der Waals surface area contributed by atoms with E-state index in [-0.39, 0.29) is 0 Å². The molecule has 2 rings (SSSR count). The summed E-state index contributed by atoms with van der Waals surface area (Å²) in [5.74, 6) is 1.32. The SMILES string of the molecule is Clc1ccc(CNCC2CCCS2)cc1Cl. The van der Waals surface area contributed by atoms with E-state index in [1.54, 1.807) is 0 Å². The van der Waals surface area contributed by atoms with Crippen LogP contribution in [0, 0.1) is 0 Å². The van der Waals surface area contributed by atoms with E-state index in [1.807, 2.05) is 18.2 Å². The fraction of sp³-hybridized carbons (Fsp3) is 0.500. The second-order valence-electron chi connectivity index (χ2n) is 4.01. The Hall–Kier alpha value is 0.110. The molecule has 1 aromatic carbocycles. The third kappa shape index (κ3) is 3.56. The van der Waals surface area contributed by atoms with E-state index in [1.165, 1.54) is 24.2 Å². The minimum Gasteiger partial charge on any atom is -0.312 e. The zero-order chi connectivity index (χ0) is 11.4. The summed E-state index contributed by atoms with van der Waals surface area (Å²) < 4.78 is 0. The molecule has 1 fully saturated rings. The van der Waals surface area contributed by atoms with Crippen LogP contribution in [0.3, 0.4) is 0 Å². The van der Waals surface area contributed by atoms with Gasteiger partial charge in [-0.2, -0.15) is 11.8 Å². The van der Waals surface area contributed by atoms with Crippen molar-refractivity contribution in [3.05, 3.63) is 33.8 Å². The molecule has 4 heteroatoms. The van der Waals surface area contributed by atoms with Gasteiger partial charge in [0, 0.05) is 18.3 Å². The Labute approximate surface area is 111 Å². The van der Waals surface area contributed by atoms with Crippen LogP contribution in [0.1, 0.15) is 18.4 Å². The van der Waals surface area contributed by atoms with E-state index >= 15 is 0 Å². The molecule has 0 aliphatic carbocycles. The summed E-state index contributed by atoms with van der Waals surface area (Å²) in [5, 5.41) is 5.52. The number of rotatable bonds is 4. The van der Waals surface area contributed by atoms with E-state index in [0.29, 0.717) is 10.0 Å². The van der Waals surface area contributed by atoms with Crippen LogP contribution in [-0.4, -0.2) is 17.5 Å². The van der Waals surface area contributed by atoms with Gasteiger partial charge in [0.15, 0.2) is 0 Å². The van der Waals surface area contributed by atoms with Gasteiger partial charge in [-0.1, -0.05) is 29.3 Å². The maximum Gasteiger partial charge on any atom is 0.0595 e. The summed E-state index contributed by atoms with van der Waals surface area (Å²) >= 11 is 13.9. The number of halogens is 2. The van der Waals surface area contributed by atoms with Gasteiger partial charge >= 0.3 is 0 Å². The van der Waals surface area contributed by atoms with Gasteiger partial charge in [0.2, 0.25) is 0 Å². The van der Waals surface area contributed by atoms with Crippen molar-refractivity contribution >= 4 is 35.0 Å². The van der Waals surface area contributed by atoms with Crippen molar-refractivity contribution in [2.24, 2.45) is 0 Å². The predicted octanol–water partition coefficient (Wildman–Crippen LogP) is 3.98. The molecule has 0 saturated carbocycles. The second-order valence-corrected chi connectivity index (χ2v) is 6.24. The van der Waals surface area contributed by atoms with Crippen molar-refractivity contribution < 1.29 is 0 Å². The molecule has 0 amide bonds. The molecule has 1 saturated heterocycles. The number of nitrogens with one attached hydrogen (secondary N) is 1. The maximum absolute atomic E-state index is 5.96. The maximum atomic E-state index is 5.96. The summed E-state index contributed by atoms with van der Waals surface area (Å²) in [6.07, 6.45) is 2.71. The lowest BCUT2D eigenvalue weighted by Crippen LogP contribution is -2.22. The van der Waals surface area contributed by atoms with Gasteiger partial charge in [-0.05, 0) is 36.3 Å². The summed E-state index contributed by atoms with van der Waals surface area (Å²) in [7, 11) is 0. The van der Waals surface area contributed by atoms with Crippen molar-refractivity contribution in [3.63, 3.8) is 0 Å². The monoisotopic (exact) mass is 275 g/mol. The molecule has 1 aromatic rings. The lowest BCUT2D eigenvalue weighted by atomic mass is 10.2. The highest BCUT2D eigenvalue weighted by Gasteiger charge is 2.14. The van der Waals surface area contributed by atoms with Gasteiger partial charge in [-0.25, -0.2) is 0 Å². The Morgan fingerprint density at radius 3 is 2.88 bits per heavy atom. The molecule has 0 aromatic heterocycles. The Bertz CT molecular complexity index is 351. The summed E-state index contributed by atoms with van der Waals surface area (Å²) in [4.78, 5) is 0. The minimum atomic E-state index is 0.622. The lowest BCUT2D eigenvalue weighted by molar-refractivity contribution is 0.646. The fourth-order valence-electron chi connectivity index (χ4n) is 1.83. The molecule has 0 radical (unpaired) electrons. The van der Waals surface area contributed by atoms with Gasteiger partial charge in [-0.3, -0.25) is 0 Å². The molecule has 1 aliphatic heterocycles.